The van der Waals surface area contributed by atoms with Gasteiger partial charge in [0.25, 0.3) is 5.91 Å². The molecule has 1 aliphatic rings. The second-order valence-electron chi connectivity index (χ2n) is 6.30. The van der Waals surface area contributed by atoms with E-state index in [0.29, 0.717) is 30.6 Å². The SMILES string of the molecule is CC(C)[C@@H](C)NC(=O)COC(=O)/C=C/c1ccc2c(c1)OCCCO2. The van der Waals surface area contributed by atoms with Gasteiger partial charge in [-0.05, 0) is 36.6 Å². The van der Waals surface area contributed by atoms with Crippen molar-refractivity contribution in [1.82, 2.24) is 5.32 Å². The quantitative estimate of drug-likeness (QED) is 0.632. The summed E-state index contributed by atoms with van der Waals surface area (Å²) in [5, 5.41) is 2.78. The highest BCUT2D eigenvalue weighted by atomic mass is 16.5. The molecule has 0 fully saturated rings. The first kappa shape index (κ1) is 18.8. The summed E-state index contributed by atoms with van der Waals surface area (Å²) in [6.45, 7) is 6.87. The van der Waals surface area contributed by atoms with Crippen LogP contribution in [0.5, 0.6) is 11.5 Å². The Morgan fingerprint density at radius 1 is 1.20 bits per heavy atom. The Labute approximate surface area is 148 Å². The van der Waals surface area contributed by atoms with Gasteiger partial charge in [-0.3, -0.25) is 4.79 Å². The van der Waals surface area contributed by atoms with E-state index >= 15 is 0 Å². The summed E-state index contributed by atoms with van der Waals surface area (Å²) in [6.07, 6.45) is 3.74. The van der Waals surface area contributed by atoms with Gasteiger partial charge < -0.3 is 19.5 Å². The van der Waals surface area contributed by atoms with Gasteiger partial charge in [0.2, 0.25) is 0 Å². The third-order valence-electron chi connectivity index (χ3n) is 3.92. The van der Waals surface area contributed by atoms with Crippen molar-refractivity contribution in [1.29, 1.82) is 0 Å². The Morgan fingerprint density at radius 3 is 2.64 bits per heavy atom. The summed E-state index contributed by atoms with van der Waals surface area (Å²) in [4.78, 5) is 23.4. The summed E-state index contributed by atoms with van der Waals surface area (Å²) in [6, 6.07) is 5.48. The maximum Gasteiger partial charge on any atom is 0.331 e. The minimum absolute atomic E-state index is 0.0311. The van der Waals surface area contributed by atoms with E-state index in [0.717, 1.165) is 12.0 Å². The van der Waals surface area contributed by atoms with E-state index in [1.54, 1.807) is 6.08 Å². The third-order valence-corrected chi connectivity index (χ3v) is 3.92. The van der Waals surface area contributed by atoms with Gasteiger partial charge in [-0.2, -0.15) is 0 Å². The predicted molar refractivity (Wildman–Crippen MR) is 94.5 cm³/mol. The lowest BCUT2D eigenvalue weighted by atomic mass is 10.1. The monoisotopic (exact) mass is 347 g/mol. The Bertz CT molecular complexity index is 639. The highest BCUT2D eigenvalue weighted by molar-refractivity contribution is 5.89. The number of hydrogen-bond donors (Lipinski definition) is 1. The zero-order chi connectivity index (χ0) is 18.2. The molecule has 136 valence electrons. The van der Waals surface area contributed by atoms with Crippen LogP contribution >= 0.6 is 0 Å². The van der Waals surface area contributed by atoms with Crippen LogP contribution in [-0.4, -0.2) is 37.7 Å². The van der Waals surface area contributed by atoms with Crippen molar-refractivity contribution in [2.45, 2.75) is 33.2 Å². The lowest BCUT2D eigenvalue weighted by Crippen LogP contribution is -2.38. The van der Waals surface area contributed by atoms with Gasteiger partial charge in [-0.1, -0.05) is 19.9 Å². The van der Waals surface area contributed by atoms with Crippen molar-refractivity contribution in [2.75, 3.05) is 19.8 Å². The molecule has 0 bridgehead atoms. The van der Waals surface area contributed by atoms with E-state index in [1.165, 1.54) is 6.08 Å². The lowest BCUT2D eigenvalue weighted by Gasteiger charge is -2.16. The van der Waals surface area contributed by atoms with Crippen LogP contribution in [0.3, 0.4) is 0 Å². The topological polar surface area (TPSA) is 73.9 Å². The maximum absolute atomic E-state index is 11.7. The summed E-state index contributed by atoms with van der Waals surface area (Å²) < 4.78 is 16.1. The normalized spacial score (nSPS) is 14.9. The molecule has 0 unspecified atom stereocenters. The fraction of sp³-hybridized carbons (Fsp3) is 0.474. The number of carbonyl (C=O) groups is 2. The van der Waals surface area contributed by atoms with Crippen molar-refractivity contribution >= 4 is 18.0 Å². The van der Waals surface area contributed by atoms with Crippen LogP contribution in [0.15, 0.2) is 24.3 Å². The largest absolute Gasteiger partial charge is 0.490 e. The first-order valence-corrected chi connectivity index (χ1v) is 8.49. The lowest BCUT2D eigenvalue weighted by molar-refractivity contribution is -0.144. The van der Waals surface area contributed by atoms with Gasteiger partial charge in [0.05, 0.1) is 13.2 Å². The molecule has 1 atom stereocenters. The Morgan fingerprint density at radius 2 is 1.92 bits per heavy atom. The second-order valence-corrected chi connectivity index (χ2v) is 6.30. The standard InChI is InChI=1S/C19H25NO5/c1-13(2)14(3)20-18(21)12-25-19(22)8-6-15-5-7-16-17(11-15)24-10-4-9-23-16/h5-8,11,13-14H,4,9-10,12H2,1-3H3,(H,20,21)/b8-6+/t14-/m1/s1. The van der Waals surface area contributed by atoms with Crippen LogP contribution < -0.4 is 14.8 Å². The van der Waals surface area contributed by atoms with Crippen molar-refractivity contribution in [3.05, 3.63) is 29.8 Å². The van der Waals surface area contributed by atoms with Crippen LogP contribution in [0.1, 0.15) is 32.8 Å². The average molecular weight is 347 g/mol. The van der Waals surface area contributed by atoms with E-state index in [2.05, 4.69) is 5.32 Å². The van der Waals surface area contributed by atoms with Gasteiger partial charge in [-0.15, -0.1) is 0 Å². The molecule has 6 heteroatoms. The zero-order valence-corrected chi connectivity index (χ0v) is 14.9. The Kier molecular flexibility index (Phi) is 6.86. The van der Waals surface area contributed by atoms with Crippen molar-refractivity contribution in [3.8, 4) is 11.5 Å². The summed E-state index contributed by atoms with van der Waals surface area (Å²) in [5.41, 5.74) is 0.791. The molecule has 0 aliphatic carbocycles. The number of amides is 1. The number of fused-ring (bicyclic) bond motifs is 1. The van der Waals surface area contributed by atoms with Crippen molar-refractivity contribution in [2.24, 2.45) is 5.92 Å². The van der Waals surface area contributed by atoms with Gasteiger partial charge in [0.15, 0.2) is 18.1 Å². The third kappa shape index (κ3) is 6.14. The molecule has 1 heterocycles. The Balaban J connectivity index is 1.84. The van der Waals surface area contributed by atoms with Crippen LogP contribution in [0.4, 0.5) is 0 Å². The van der Waals surface area contributed by atoms with E-state index in [-0.39, 0.29) is 18.6 Å². The number of nitrogens with one attached hydrogen (secondary N) is 1. The first-order valence-electron chi connectivity index (χ1n) is 8.49. The molecule has 0 saturated carbocycles. The van der Waals surface area contributed by atoms with Crippen LogP contribution in [0.2, 0.25) is 0 Å². The molecule has 25 heavy (non-hydrogen) atoms. The number of hydrogen-bond acceptors (Lipinski definition) is 5. The molecule has 1 amide bonds. The van der Waals surface area contributed by atoms with Gasteiger partial charge >= 0.3 is 5.97 Å². The molecular weight excluding hydrogens is 322 g/mol. The van der Waals surface area contributed by atoms with Gasteiger partial charge in [0.1, 0.15) is 0 Å². The number of ether oxygens (including phenoxy) is 3. The molecule has 0 saturated heterocycles. The number of rotatable bonds is 6. The summed E-state index contributed by atoms with van der Waals surface area (Å²) in [7, 11) is 0. The highest BCUT2D eigenvalue weighted by Gasteiger charge is 2.12. The molecule has 0 radical (unpaired) electrons. The molecule has 1 aliphatic heterocycles. The number of carbonyl (C=O) groups excluding carboxylic acids is 2. The number of benzene rings is 1. The molecule has 2 rings (SSSR count). The summed E-state index contributed by atoms with van der Waals surface area (Å²) in [5.74, 6) is 0.806. The second kappa shape index (κ2) is 9.11. The molecule has 0 aromatic heterocycles. The van der Waals surface area contributed by atoms with E-state index in [4.69, 9.17) is 14.2 Å². The first-order chi connectivity index (χ1) is 12.0. The molecule has 0 spiro atoms. The molecule has 1 N–H and O–H groups in total. The maximum atomic E-state index is 11.7. The fourth-order valence-corrected chi connectivity index (χ4v) is 2.09. The number of esters is 1. The Hall–Kier alpha value is -2.50. The average Bonchev–Trinajstić information content (AvgIpc) is 2.82. The van der Waals surface area contributed by atoms with E-state index in [9.17, 15) is 9.59 Å². The van der Waals surface area contributed by atoms with E-state index < -0.39 is 5.97 Å². The molecular formula is C19H25NO5. The van der Waals surface area contributed by atoms with Crippen LogP contribution in [0, 0.1) is 5.92 Å². The van der Waals surface area contributed by atoms with Crippen LogP contribution in [0.25, 0.3) is 6.08 Å². The van der Waals surface area contributed by atoms with Gasteiger partial charge in [0, 0.05) is 18.5 Å². The minimum atomic E-state index is -0.570. The van der Waals surface area contributed by atoms with Gasteiger partial charge in [-0.25, -0.2) is 4.79 Å². The van der Waals surface area contributed by atoms with Crippen molar-refractivity contribution < 1.29 is 23.8 Å². The predicted octanol–water partition coefficient (Wildman–Crippen LogP) is 2.57. The van der Waals surface area contributed by atoms with Crippen molar-refractivity contribution in [3.63, 3.8) is 0 Å². The zero-order valence-electron chi connectivity index (χ0n) is 14.9. The molecule has 6 nitrogen and oxygen atoms in total. The minimum Gasteiger partial charge on any atom is -0.490 e. The van der Waals surface area contributed by atoms with E-state index in [1.807, 2.05) is 39.0 Å². The summed E-state index contributed by atoms with van der Waals surface area (Å²) >= 11 is 0. The molecule has 1 aromatic carbocycles. The smallest absolute Gasteiger partial charge is 0.331 e. The van der Waals surface area contributed by atoms with Crippen LogP contribution in [-0.2, 0) is 14.3 Å². The highest BCUT2D eigenvalue weighted by Crippen LogP contribution is 2.30. The fourth-order valence-electron chi connectivity index (χ4n) is 2.09. The molecule has 1 aromatic rings.